The van der Waals surface area contributed by atoms with Crippen molar-refractivity contribution in [3.63, 3.8) is 0 Å². The second kappa shape index (κ2) is 5.91. The molecule has 0 rings (SSSR count). The van der Waals surface area contributed by atoms with Crippen LogP contribution in [0.3, 0.4) is 0 Å². The molecule has 0 aromatic carbocycles. The van der Waals surface area contributed by atoms with Gasteiger partial charge in [-0.3, -0.25) is 9.59 Å². The lowest BCUT2D eigenvalue weighted by molar-refractivity contribution is -0.113. The maximum atomic E-state index is 10.9. The van der Waals surface area contributed by atoms with Gasteiger partial charge in [-0.2, -0.15) is 0 Å². The molecule has 0 bridgehead atoms. The Morgan fingerprint density at radius 3 is 2.67 bits per heavy atom. The Morgan fingerprint density at radius 2 is 2.25 bits per heavy atom. The first-order chi connectivity index (χ1) is 5.61. The lowest BCUT2D eigenvalue weighted by atomic mass is 10.1. The van der Waals surface area contributed by atoms with E-state index in [2.05, 4.69) is 0 Å². The first kappa shape index (κ1) is 11.3. The van der Waals surface area contributed by atoms with Crippen molar-refractivity contribution in [1.82, 2.24) is 0 Å². The molecule has 0 spiro atoms. The van der Waals surface area contributed by atoms with Gasteiger partial charge in [0.15, 0.2) is 5.78 Å². The molecule has 3 N–H and O–H groups in total. The third-order valence-electron chi connectivity index (χ3n) is 1.37. The fourth-order valence-corrected chi connectivity index (χ4v) is 1.06. The summed E-state index contributed by atoms with van der Waals surface area (Å²) in [5.74, 6) is -0.292. The van der Waals surface area contributed by atoms with Crippen LogP contribution in [-0.2, 0) is 9.59 Å². The zero-order chi connectivity index (χ0) is 9.56. The Labute approximate surface area is 75.4 Å². The van der Waals surface area contributed by atoms with Crippen LogP contribution in [0.1, 0.15) is 12.8 Å². The van der Waals surface area contributed by atoms with Crippen molar-refractivity contribution in [1.29, 1.82) is 5.41 Å². The molecule has 0 amide bonds. The van der Waals surface area contributed by atoms with Crippen LogP contribution in [0.4, 0.5) is 0 Å². The number of nitrogens with two attached hydrogens (primary N) is 1. The maximum Gasteiger partial charge on any atom is 0.205 e. The van der Waals surface area contributed by atoms with Crippen LogP contribution in [0.5, 0.6) is 0 Å². The van der Waals surface area contributed by atoms with Crippen LogP contribution in [0, 0.1) is 5.41 Å². The number of hydrogen-bond acceptors (Lipinski definition) is 5. The SMILES string of the molecule is CSC(=O)[C@@H](N)CCC(=O)C=N. The first-order valence-electron chi connectivity index (χ1n) is 3.48. The Bertz CT molecular complexity index is 194. The van der Waals surface area contributed by atoms with E-state index in [9.17, 15) is 9.59 Å². The second-order valence-electron chi connectivity index (χ2n) is 2.28. The summed E-state index contributed by atoms with van der Waals surface area (Å²) in [6.45, 7) is 0. The van der Waals surface area contributed by atoms with Crippen LogP contribution in [0.25, 0.3) is 0 Å². The van der Waals surface area contributed by atoms with Crippen LogP contribution >= 0.6 is 11.8 Å². The normalized spacial score (nSPS) is 12.2. The van der Waals surface area contributed by atoms with Gasteiger partial charge in [-0.25, -0.2) is 0 Å². The minimum Gasteiger partial charge on any atom is -0.321 e. The van der Waals surface area contributed by atoms with Gasteiger partial charge in [-0.1, -0.05) is 11.8 Å². The quantitative estimate of drug-likeness (QED) is 0.604. The molecule has 0 unspecified atom stereocenters. The molecule has 0 fully saturated rings. The molecule has 0 heterocycles. The van der Waals surface area contributed by atoms with Crippen LogP contribution in [0.15, 0.2) is 0 Å². The second-order valence-corrected chi connectivity index (χ2v) is 3.09. The van der Waals surface area contributed by atoms with Gasteiger partial charge in [-0.15, -0.1) is 0 Å². The molecule has 0 saturated carbocycles. The van der Waals surface area contributed by atoms with E-state index in [1.54, 1.807) is 6.26 Å². The number of hydrogen-bond donors (Lipinski definition) is 2. The van der Waals surface area contributed by atoms with Crippen LogP contribution in [-0.4, -0.2) is 29.4 Å². The van der Waals surface area contributed by atoms with E-state index in [0.717, 1.165) is 18.0 Å². The molecule has 0 aromatic rings. The maximum absolute atomic E-state index is 10.9. The highest BCUT2D eigenvalue weighted by Crippen LogP contribution is 2.04. The molecule has 0 aliphatic carbocycles. The average molecular weight is 188 g/mol. The topological polar surface area (TPSA) is 84.0 Å². The van der Waals surface area contributed by atoms with Gasteiger partial charge >= 0.3 is 0 Å². The first-order valence-corrected chi connectivity index (χ1v) is 4.71. The minimum absolute atomic E-state index is 0.118. The summed E-state index contributed by atoms with van der Waals surface area (Å²) in [6, 6.07) is -0.580. The molecule has 4 nitrogen and oxygen atoms in total. The predicted molar refractivity (Wildman–Crippen MR) is 49.5 cm³/mol. The number of carbonyl (C=O) groups is 2. The summed E-state index contributed by atoms with van der Waals surface area (Å²) in [4.78, 5) is 21.5. The van der Waals surface area contributed by atoms with E-state index in [4.69, 9.17) is 11.1 Å². The van der Waals surface area contributed by atoms with Gasteiger partial charge in [0.2, 0.25) is 5.12 Å². The molecule has 0 aliphatic rings. The van der Waals surface area contributed by atoms with Crippen molar-refractivity contribution in [3.8, 4) is 0 Å². The zero-order valence-electron chi connectivity index (χ0n) is 6.87. The number of nitrogens with one attached hydrogen (secondary N) is 1. The van der Waals surface area contributed by atoms with Crippen molar-refractivity contribution in [2.75, 3.05) is 6.26 Å². The Balaban J connectivity index is 3.70. The molecule has 0 radical (unpaired) electrons. The lowest BCUT2D eigenvalue weighted by Crippen LogP contribution is -2.28. The van der Waals surface area contributed by atoms with E-state index < -0.39 is 6.04 Å². The summed E-state index contributed by atoms with van der Waals surface area (Å²) >= 11 is 1.06. The number of Topliss-reactive ketones (excluding diaryl/α,β-unsaturated/α-hetero) is 1. The molecular formula is C7H12N2O2S. The Hall–Kier alpha value is -0.680. The van der Waals surface area contributed by atoms with E-state index in [1.165, 1.54) is 0 Å². The highest BCUT2D eigenvalue weighted by Gasteiger charge is 2.12. The summed E-state index contributed by atoms with van der Waals surface area (Å²) in [7, 11) is 0. The number of ketones is 1. The highest BCUT2D eigenvalue weighted by molar-refractivity contribution is 8.13. The molecule has 5 heteroatoms. The Kier molecular flexibility index (Phi) is 5.57. The van der Waals surface area contributed by atoms with Crippen molar-refractivity contribution in [3.05, 3.63) is 0 Å². The summed E-state index contributed by atoms with van der Waals surface area (Å²) in [6.07, 6.45) is 2.90. The van der Waals surface area contributed by atoms with Gasteiger partial charge < -0.3 is 11.1 Å². The van der Waals surface area contributed by atoms with Gasteiger partial charge in [0.05, 0.1) is 12.3 Å². The molecular weight excluding hydrogens is 176 g/mol. The van der Waals surface area contributed by atoms with Gasteiger partial charge in [0, 0.05) is 6.42 Å². The third kappa shape index (κ3) is 4.25. The predicted octanol–water partition coefficient (Wildman–Crippen LogP) is 0.202. The summed E-state index contributed by atoms with van der Waals surface area (Å²) < 4.78 is 0. The van der Waals surface area contributed by atoms with Crippen molar-refractivity contribution < 1.29 is 9.59 Å². The number of rotatable bonds is 5. The average Bonchev–Trinajstić information content (AvgIpc) is 2.11. The van der Waals surface area contributed by atoms with E-state index >= 15 is 0 Å². The molecule has 0 aromatic heterocycles. The summed E-state index contributed by atoms with van der Waals surface area (Å²) in [5.41, 5.74) is 5.43. The molecule has 0 saturated heterocycles. The van der Waals surface area contributed by atoms with Gasteiger partial charge in [-0.05, 0) is 12.7 Å². The van der Waals surface area contributed by atoms with E-state index in [0.29, 0.717) is 6.42 Å². The molecule has 68 valence electrons. The smallest absolute Gasteiger partial charge is 0.205 e. The Morgan fingerprint density at radius 1 is 1.67 bits per heavy atom. The molecule has 1 atom stereocenters. The van der Waals surface area contributed by atoms with Crippen LogP contribution < -0.4 is 5.73 Å². The zero-order valence-corrected chi connectivity index (χ0v) is 7.69. The minimum atomic E-state index is -0.580. The third-order valence-corrected chi connectivity index (χ3v) is 2.07. The highest BCUT2D eigenvalue weighted by atomic mass is 32.2. The fourth-order valence-electron chi connectivity index (χ4n) is 0.639. The van der Waals surface area contributed by atoms with Crippen molar-refractivity contribution in [2.24, 2.45) is 5.73 Å². The monoisotopic (exact) mass is 188 g/mol. The molecule has 12 heavy (non-hydrogen) atoms. The summed E-state index contributed by atoms with van der Waals surface area (Å²) in [5, 5.41) is 6.48. The van der Waals surface area contributed by atoms with Crippen molar-refractivity contribution >= 4 is 28.9 Å². The van der Waals surface area contributed by atoms with Crippen LogP contribution in [0.2, 0.25) is 0 Å². The van der Waals surface area contributed by atoms with E-state index in [1.807, 2.05) is 0 Å². The molecule has 0 aliphatic heterocycles. The fraction of sp³-hybridized carbons (Fsp3) is 0.571. The van der Waals surface area contributed by atoms with Gasteiger partial charge in [0.1, 0.15) is 0 Å². The van der Waals surface area contributed by atoms with Crippen molar-refractivity contribution in [2.45, 2.75) is 18.9 Å². The van der Waals surface area contributed by atoms with Gasteiger partial charge in [0.25, 0.3) is 0 Å². The standard InChI is InChI=1S/C7H12N2O2S/c1-12-7(11)6(9)3-2-5(10)4-8/h4,6,8H,2-3,9H2,1H3/t6-/m0/s1. The largest absolute Gasteiger partial charge is 0.321 e. The van der Waals surface area contributed by atoms with E-state index in [-0.39, 0.29) is 17.3 Å². The number of thioether (sulfide) groups is 1. The number of carbonyl (C=O) groups excluding carboxylic acids is 2. The lowest BCUT2D eigenvalue weighted by Gasteiger charge is -2.05.